The maximum atomic E-state index is 13.1. The predicted molar refractivity (Wildman–Crippen MR) is 121 cm³/mol. The van der Waals surface area contributed by atoms with Crippen molar-refractivity contribution < 1.29 is 29.3 Å². The summed E-state index contributed by atoms with van der Waals surface area (Å²) in [5, 5.41) is 21.7. The number of aliphatic hydroxyl groups excluding tert-OH is 1. The number of benzene rings is 2. The van der Waals surface area contributed by atoms with Crippen molar-refractivity contribution in [2.45, 2.75) is 39.7 Å². The summed E-state index contributed by atoms with van der Waals surface area (Å²) >= 11 is 0. The zero-order chi connectivity index (χ0) is 23.6. The highest BCUT2D eigenvalue weighted by molar-refractivity contribution is 6.46. The number of unbranched alkanes of at least 4 members (excludes halogenated alkanes) is 1. The molecule has 170 valence electrons. The minimum absolute atomic E-state index is 0.0287. The van der Waals surface area contributed by atoms with Crippen molar-refractivity contribution in [3.63, 3.8) is 0 Å². The van der Waals surface area contributed by atoms with Crippen LogP contribution in [-0.4, -0.2) is 47.6 Å². The SMILES string of the molecule is CCCCN1C(=O)C(=O)/C(=C(/O)c2cc(C)cc(C)c2OC)C1c1ccc(OC)c(O)c1. The van der Waals surface area contributed by atoms with Crippen LogP contribution in [0.2, 0.25) is 0 Å². The van der Waals surface area contributed by atoms with Crippen molar-refractivity contribution in [3.05, 3.63) is 58.2 Å². The Morgan fingerprint density at radius 1 is 1.09 bits per heavy atom. The van der Waals surface area contributed by atoms with Gasteiger partial charge < -0.3 is 24.6 Å². The summed E-state index contributed by atoms with van der Waals surface area (Å²) in [6.45, 7) is 6.06. The monoisotopic (exact) mass is 439 g/mol. The van der Waals surface area contributed by atoms with Gasteiger partial charge in [-0.3, -0.25) is 9.59 Å². The molecule has 0 radical (unpaired) electrons. The standard InChI is InChI=1S/C25H29NO6/c1-6-7-10-26-21(16-8-9-19(31-4)18(27)13-16)20(23(29)25(26)30)22(28)17-12-14(2)11-15(3)24(17)32-5/h8-9,11-13,21,27-28H,6-7,10H2,1-5H3/b22-20+. The lowest BCUT2D eigenvalue weighted by molar-refractivity contribution is -0.139. The first-order valence-corrected chi connectivity index (χ1v) is 10.6. The largest absolute Gasteiger partial charge is 0.507 e. The molecular formula is C25H29NO6. The molecule has 3 rings (SSSR count). The molecule has 1 atom stereocenters. The van der Waals surface area contributed by atoms with Gasteiger partial charge in [0, 0.05) is 6.54 Å². The Balaban J connectivity index is 2.27. The van der Waals surface area contributed by atoms with Gasteiger partial charge in [-0.15, -0.1) is 0 Å². The van der Waals surface area contributed by atoms with Crippen LogP contribution in [0.3, 0.4) is 0 Å². The number of hydrogen-bond donors (Lipinski definition) is 2. The minimum Gasteiger partial charge on any atom is -0.507 e. The summed E-state index contributed by atoms with van der Waals surface area (Å²) in [6, 6.07) is 7.50. The van der Waals surface area contributed by atoms with E-state index in [-0.39, 0.29) is 22.8 Å². The molecular weight excluding hydrogens is 410 g/mol. The minimum atomic E-state index is -0.844. The van der Waals surface area contributed by atoms with E-state index in [0.717, 1.165) is 17.5 Å². The number of hydrogen-bond acceptors (Lipinski definition) is 6. The summed E-state index contributed by atoms with van der Waals surface area (Å²) in [7, 11) is 2.93. The van der Waals surface area contributed by atoms with Crippen molar-refractivity contribution in [3.8, 4) is 17.2 Å². The van der Waals surface area contributed by atoms with Gasteiger partial charge in [0.1, 0.15) is 11.5 Å². The molecule has 1 fully saturated rings. The first-order valence-electron chi connectivity index (χ1n) is 10.6. The molecule has 1 saturated heterocycles. The van der Waals surface area contributed by atoms with Crippen LogP contribution >= 0.6 is 0 Å². The summed E-state index contributed by atoms with van der Waals surface area (Å²) in [6.07, 6.45) is 1.52. The van der Waals surface area contributed by atoms with Crippen molar-refractivity contribution in [1.29, 1.82) is 0 Å². The molecule has 0 bridgehead atoms. The van der Waals surface area contributed by atoms with Crippen LogP contribution in [0.25, 0.3) is 5.76 Å². The molecule has 32 heavy (non-hydrogen) atoms. The van der Waals surface area contributed by atoms with E-state index in [1.165, 1.54) is 25.2 Å². The van der Waals surface area contributed by atoms with E-state index < -0.39 is 17.7 Å². The molecule has 7 nitrogen and oxygen atoms in total. The number of aromatic hydroxyl groups is 1. The van der Waals surface area contributed by atoms with Gasteiger partial charge >= 0.3 is 0 Å². The molecule has 1 amide bonds. The first kappa shape index (κ1) is 23.2. The fourth-order valence-corrected chi connectivity index (χ4v) is 4.21. The summed E-state index contributed by atoms with van der Waals surface area (Å²) in [5.41, 5.74) is 2.50. The van der Waals surface area contributed by atoms with Gasteiger partial charge in [-0.1, -0.05) is 25.5 Å². The second-order valence-corrected chi connectivity index (χ2v) is 7.94. The molecule has 2 N–H and O–H groups in total. The summed E-state index contributed by atoms with van der Waals surface area (Å²) < 4.78 is 10.6. The Labute approximate surface area is 187 Å². The lowest BCUT2D eigenvalue weighted by Gasteiger charge is -2.25. The van der Waals surface area contributed by atoms with E-state index in [1.807, 2.05) is 26.8 Å². The van der Waals surface area contributed by atoms with Crippen molar-refractivity contribution >= 4 is 17.4 Å². The zero-order valence-corrected chi connectivity index (χ0v) is 19.1. The van der Waals surface area contributed by atoms with Crippen LogP contribution in [0, 0.1) is 13.8 Å². The van der Waals surface area contributed by atoms with Gasteiger partial charge in [-0.05, 0) is 55.2 Å². The second-order valence-electron chi connectivity index (χ2n) is 7.94. The number of phenolic OH excluding ortho intramolecular Hbond substituents is 1. The van der Waals surface area contributed by atoms with E-state index in [1.54, 1.807) is 18.2 Å². The van der Waals surface area contributed by atoms with Crippen LogP contribution < -0.4 is 9.47 Å². The normalized spacial score (nSPS) is 17.7. The third kappa shape index (κ3) is 4.02. The van der Waals surface area contributed by atoms with Gasteiger partial charge in [-0.2, -0.15) is 0 Å². The smallest absolute Gasteiger partial charge is 0.295 e. The highest BCUT2D eigenvalue weighted by Crippen LogP contribution is 2.43. The molecule has 0 aliphatic carbocycles. The van der Waals surface area contributed by atoms with Gasteiger partial charge in [0.05, 0.1) is 31.4 Å². The van der Waals surface area contributed by atoms with Crippen LogP contribution in [0.1, 0.15) is 48.1 Å². The maximum absolute atomic E-state index is 13.1. The number of aliphatic hydroxyl groups is 1. The Morgan fingerprint density at radius 2 is 1.81 bits per heavy atom. The number of ketones is 1. The molecule has 0 aromatic heterocycles. The fourth-order valence-electron chi connectivity index (χ4n) is 4.21. The highest BCUT2D eigenvalue weighted by Gasteiger charge is 2.46. The van der Waals surface area contributed by atoms with E-state index in [4.69, 9.17) is 9.47 Å². The maximum Gasteiger partial charge on any atom is 0.295 e. The van der Waals surface area contributed by atoms with Crippen molar-refractivity contribution in [2.75, 3.05) is 20.8 Å². The van der Waals surface area contributed by atoms with Crippen LogP contribution in [0.15, 0.2) is 35.9 Å². The van der Waals surface area contributed by atoms with E-state index >= 15 is 0 Å². The number of ether oxygens (including phenoxy) is 2. The molecule has 1 heterocycles. The number of nitrogens with zero attached hydrogens (tertiary/aromatic N) is 1. The Morgan fingerprint density at radius 3 is 2.41 bits per heavy atom. The number of likely N-dealkylation sites (tertiary alicyclic amines) is 1. The summed E-state index contributed by atoms with van der Waals surface area (Å²) in [5.74, 6) is -1.15. The van der Waals surface area contributed by atoms with E-state index in [0.29, 0.717) is 29.8 Å². The average molecular weight is 440 g/mol. The number of aryl methyl sites for hydroxylation is 2. The third-order valence-corrected chi connectivity index (χ3v) is 5.69. The van der Waals surface area contributed by atoms with Crippen LogP contribution in [0.5, 0.6) is 17.2 Å². The molecule has 1 unspecified atom stereocenters. The molecule has 1 aliphatic heterocycles. The number of phenols is 1. The Kier molecular flexibility index (Phi) is 6.77. The predicted octanol–water partition coefficient (Wildman–Crippen LogP) is 4.25. The fraction of sp³-hybridized carbons (Fsp3) is 0.360. The molecule has 7 heteroatoms. The first-order chi connectivity index (χ1) is 15.2. The highest BCUT2D eigenvalue weighted by atomic mass is 16.5. The lowest BCUT2D eigenvalue weighted by atomic mass is 9.93. The zero-order valence-electron chi connectivity index (χ0n) is 19.1. The number of amides is 1. The number of rotatable bonds is 7. The van der Waals surface area contributed by atoms with E-state index in [9.17, 15) is 19.8 Å². The molecule has 1 aliphatic rings. The number of carbonyl (C=O) groups excluding carboxylic acids is 2. The summed E-state index contributed by atoms with van der Waals surface area (Å²) in [4.78, 5) is 27.5. The molecule has 0 spiro atoms. The molecule has 2 aromatic rings. The lowest BCUT2D eigenvalue weighted by Crippen LogP contribution is -2.30. The second kappa shape index (κ2) is 9.34. The van der Waals surface area contributed by atoms with Crippen LogP contribution in [0.4, 0.5) is 0 Å². The van der Waals surface area contributed by atoms with E-state index in [2.05, 4.69) is 0 Å². The molecule has 0 saturated carbocycles. The van der Waals surface area contributed by atoms with Crippen molar-refractivity contribution in [2.24, 2.45) is 0 Å². The van der Waals surface area contributed by atoms with Crippen LogP contribution in [-0.2, 0) is 9.59 Å². The van der Waals surface area contributed by atoms with Gasteiger partial charge in [-0.25, -0.2) is 0 Å². The van der Waals surface area contributed by atoms with Gasteiger partial charge in [0.15, 0.2) is 11.5 Å². The Hall–Kier alpha value is -3.48. The number of carbonyl (C=O) groups is 2. The number of Topliss-reactive ketones (excluding diaryl/α,β-unsaturated/α-hetero) is 1. The third-order valence-electron chi connectivity index (χ3n) is 5.69. The Bertz CT molecular complexity index is 1090. The topological polar surface area (TPSA) is 96.3 Å². The quantitative estimate of drug-likeness (QED) is 0.380. The molecule has 2 aromatic carbocycles. The van der Waals surface area contributed by atoms with Gasteiger partial charge in [0.2, 0.25) is 0 Å². The number of methoxy groups -OCH3 is 2. The van der Waals surface area contributed by atoms with Gasteiger partial charge in [0.25, 0.3) is 11.7 Å². The van der Waals surface area contributed by atoms with Crippen molar-refractivity contribution in [1.82, 2.24) is 4.90 Å². The average Bonchev–Trinajstić information content (AvgIpc) is 3.01.